The summed E-state index contributed by atoms with van der Waals surface area (Å²) in [6.07, 6.45) is 3.63. The molecule has 0 atom stereocenters. The first-order valence-electron chi connectivity index (χ1n) is 6.88. The second-order valence-electron chi connectivity index (χ2n) is 5.08. The van der Waals surface area contributed by atoms with Gasteiger partial charge < -0.3 is 5.73 Å². The molecule has 0 saturated heterocycles. The minimum Gasteiger partial charge on any atom is -0.398 e. The summed E-state index contributed by atoms with van der Waals surface area (Å²) in [6, 6.07) is 7.45. The molecule has 1 aromatic rings. The van der Waals surface area contributed by atoms with Crippen LogP contribution in [0.3, 0.4) is 0 Å². The van der Waals surface area contributed by atoms with E-state index >= 15 is 0 Å². The van der Waals surface area contributed by atoms with Gasteiger partial charge in [0.05, 0.1) is 5.25 Å². The number of nitrogens with two attached hydrogens (primary N) is 1. The lowest BCUT2D eigenvalue weighted by Crippen LogP contribution is -2.37. The molecule has 1 aromatic carbocycles. The third-order valence-electron chi connectivity index (χ3n) is 3.84. The molecule has 19 heavy (non-hydrogen) atoms. The summed E-state index contributed by atoms with van der Waals surface area (Å²) in [5, 5.41) is -0.197. The van der Waals surface area contributed by atoms with Gasteiger partial charge in [-0.3, -0.25) is 0 Å². The topological polar surface area (TPSA) is 63.4 Å². The average molecular weight is 282 g/mol. The first-order valence-corrected chi connectivity index (χ1v) is 8.38. The van der Waals surface area contributed by atoms with Gasteiger partial charge in [0, 0.05) is 18.8 Å². The zero-order valence-electron chi connectivity index (χ0n) is 11.4. The van der Waals surface area contributed by atoms with E-state index in [0.717, 1.165) is 31.2 Å². The van der Waals surface area contributed by atoms with Crippen LogP contribution >= 0.6 is 0 Å². The minimum absolute atomic E-state index is 0.197. The smallest absolute Gasteiger partial charge is 0.217 e. The van der Waals surface area contributed by atoms with Crippen LogP contribution < -0.4 is 5.73 Å². The standard InChI is InChI=1S/C14H22N2O2S/c1-2-16(11-12-7-3-6-10-14(12)15)19(17,18)13-8-4-5-9-13/h3,6-7,10,13H,2,4-5,8-9,11,15H2,1H3. The van der Waals surface area contributed by atoms with Crippen LogP contribution in [0.5, 0.6) is 0 Å². The minimum atomic E-state index is -3.19. The number of hydrogen-bond donors (Lipinski definition) is 1. The number of rotatable bonds is 5. The van der Waals surface area contributed by atoms with Crippen LogP contribution in [0.25, 0.3) is 0 Å². The number of benzene rings is 1. The quantitative estimate of drug-likeness (QED) is 0.843. The number of sulfonamides is 1. The van der Waals surface area contributed by atoms with Gasteiger partial charge in [0.1, 0.15) is 0 Å². The first kappa shape index (κ1) is 14.3. The third-order valence-corrected chi connectivity index (χ3v) is 6.26. The van der Waals surface area contributed by atoms with E-state index in [9.17, 15) is 8.42 Å². The predicted molar refractivity (Wildman–Crippen MR) is 78.1 cm³/mol. The summed E-state index contributed by atoms with van der Waals surface area (Å²) in [5.74, 6) is 0. The van der Waals surface area contributed by atoms with Crippen LogP contribution in [0.2, 0.25) is 0 Å². The van der Waals surface area contributed by atoms with E-state index in [-0.39, 0.29) is 5.25 Å². The van der Waals surface area contributed by atoms with E-state index in [2.05, 4.69) is 0 Å². The molecule has 2 rings (SSSR count). The molecule has 1 saturated carbocycles. The Bertz CT molecular complexity index is 522. The van der Waals surface area contributed by atoms with Crippen molar-refractivity contribution in [3.8, 4) is 0 Å². The van der Waals surface area contributed by atoms with E-state index in [4.69, 9.17) is 5.73 Å². The highest BCUT2D eigenvalue weighted by atomic mass is 32.2. The molecule has 0 radical (unpaired) electrons. The van der Waals surface area contributed by atoms with Crippen LogP contribution in [-0.4, -0.2) is 24.5 Å². The maximum atomic E-state index is 12.6. The van der Waals surface area contributed by atoms with Gasteiger partial charge in [-0.2, -0.15) is 4.31 Å². The van der Waals surface area contributed by atoms with Crippen LogP contribution in [0, 0.1) is 0 Å². The fourth-order valence-corrected chi connectivity index (χ4v) is 4.68. The molecule has 1 aliphatic carbocycles. The van der Waals surface area contributed by atoms with E-state index in [1.54, 1.807) is 4.31 Å². The second-order valence-corrected chi connectivity index (χ2v) is 7.29. The van der Waals surface area contributed by atoms with Crippen molar-refractivity contribution in [3.05, 3.63) is 29.8 Å². The molecule has 0 aliphatic heterocycles. The van der Waals surface area contributed by atoms with Crippen molar-refractivity contribution < 1.29 is 8.42 Å². The summed E-state index contributed by atoms with van der Waals surface area (Å²) >= 11 is 0. The lowest BCUT2D eigenvalue weighted by atomic mass is 10.2. The summed E-state index contributed by atoms with van der Waals surface area (Å²) in [5.41, 5.74) is 7.43. The van der Waals surface area contributed by atoms with Crippen LogP contribution in [0.1, 0.15) is 38.2 Å². The van der Waals surface area contributed by atoms with Gasteiger partial charge in [-0.15, -0.1) is 0 Å². The SMILES string of the molecule is CCN(Cc1ccccc1N)S(=O)(=O)C1CCCC1. The molecule has 1 fully saturated rings. The van der Waals surface area contributed by atoms with Crippen molar-refractivity contribution in [3.63, 3.8) is 0 Å². The van der Waals surface area contributed by atoms with Crippen molar-refractivity contribution >= 4 is 15.7 Å². The maximum Gasteiger partial charge on any atom is 0.217 e. The summed E-state index contributed by atoms with van der Waals surface area (Å²) in [7, 11) is -3.19. The highest BCUT2D eigenvalue weighted by Gasteiger charge is 2.33. The van der Waals surface area contributed by atoms with Gasteiger partial charge in [0.2, 0.25) is 10.0 Å². The highest BCUT2D eigenvalue weighted by molar-refractivity contribution is 7.89. The average Bonchev–Trinajstić information content (AvgIpc) is 2.92. The normalized spacial score (nSPS) is 17.2. The van der Waals surface area contributed by atoms with Gasteiger partial charge in [-0.1, -0.05) is 38.0 Å². The Morgan fingerprint density at radius 3 is 2.47 bits per heavy atom. The fourth-order valence-electron chi connectivity index (χ4n) is 2.65. The Kier molecular flexibility index (Phi) is 4.47. The van der Waals surface area contributed by atoms with Crippen molar-refractivity contribution in [1.29, 1.82) is 0 Å². The summed E-state index contributed by atoms with van der Waals surface area (Å²) in [4.78, 5) is 0. The van der Waals surface area contributed by atoms with Gasteiger partial charge >= 0.3 is 0 Å². The van der Waals surface area contributed by atoms with Crippen LogP contribution in [-0.2, 0) is 16.6 Å². The van der Waals surface area contributed by atoms with Crippen LogP contribution in [0.4, 0.5) is 5.69 Å². The van der Waals surface area contributed by atoms with Crippen molar-refractivity contribution in [2.24, 2.45) is 0 Å². The van der Waals surface area contributed by atoms with E-state index in [0.29, 0.717) is 18.8 Å². The highest BCUT2D eigenvalue weighted by Crippen LogP contribution is 2.28. The van der Waals surface area contributed by atoms with Crippen molar-refractivity contribution in [2.75, 3.05) is 12.3 Å². The summed E-state index contributed by atoms with van der Waals surface area (Å²) < 4.78 is 26.7. The molecule has 4 nitrogen and oxygen atoms in total. The maximum absolute atomic E-state index is 12.6. The number of anilines is 1. The Balaban J connectivity index is 2.18. The Labute approximate surface area is 115 Å². The second kappa shape index (κ2) is 5.92. The molecule has 0 heterocycles. The molecule has 0 spiro atoms. The van der Waals surface area contributed by atoms with Crippen molar-refractivity contribution in [2.45, 2.75) is 44.4 Å². The molecule has 106 valence electrons. The van der Waals surface area contributed by atoms with Crippen molar-refractivity contribution in [1.82, 2.24) is 4.31 Å². The monoisotopic (exact) mass is 282 g/mol. The zero-order chi connectivity index (χ0) is 13.9. The van der Waals surface area contributed by atoms with E-state index in [1.165, 1.54) is 0 Å². The Morgan fingerprint density at radius 1 is 1.26 bits per heavy atom. The zero-order valence-corrected chi connectivity index (χ0v) is 12.2. The fraction of sp³-hybridized carbons (Fsp3) is 0.571. The summed E-state index contributed by atoms with van der Waals surface area (Å²) in [6.45, 7) is 2.75. The number of para-hydroxylation sites is 1. The number of hydrogen-bond acceptors (Lipinski definition) is 3. The first-order chi connectivity index (χ1) is 9.05. The molecule has 0 bridgehead atoms. The molecular formula is C14H22N2O2S. The van der Waals surface area contributed by atoms with E-state index in [1.807, 2.05) is 31.2 Å². The van der Waals surface area contributed by atoms with Gasteiger partial charge in [-0.25, -0.2) is 8.42 Å². The molecular weight excluding hydrogens is 260 g/mol. The molecule has 1 aliphatic rings. The van der Waals surface area contributed by atoms with E-state index < -0.39 is 10.0 Å². The molecule has 0 amide bonds. The lowest BCUT2D eigenvalue weighted by Gasteiger charge is -2.24. The Morgan fingerprint density at radius 2 is 1.89 bits per heavy atom. The largest absolute Gasteiger partial charge is 0.398 e. The van der Waals surface area contributed by atoms with Gasteiger partial charge in [0.15, 0.2) is 0 Å². The number of nitrogen functional groups attached to an aromatic ring is 1. The Hall–Kier alpha value is -1.07. The lowest BCUT2D eigenvalue weighted by molar-refractivity contribution is 0.415. The van der Waals surface area contributed by atoms with Gasteiger partial charge in [0.25, 0.3) is 0 Å². The molecule has 2 N–H and O–H groups in total. The molecule has 0 unspecified atom stereocenters. The van der Waals surface area contributed by atoms with Gasteiger partial charge in [-0.05, 0) is 24.5 Å². The predicted octanol–water partition coefficient (Wildman–Crippen LogP) is 2.36. The van der Waals surface area contributed by atoms with Crippen LogP contribution in [0.15, 0.2) is 24.3 Å². The third kappa shape index (κ3) is 3.09. The number of nitrogens with zero attached hydrogens (tertiary/aromatic N) is 1. The molecule has 0 aromatic heterocycles. The molecule has 5 heteroatoms.